The molecule has 0 spiro atoms. The summed E-state index contributed by atoms with van der Waals surface area (Å²) in [6, 6.07) is 11.9. The monoisotopic (exact) mass is 484 g/mol. The molecule has 12 heteroatoms. The van der Waals surface area contributed by atoms with Crippen molar-refractivity contribution < 1.29 is 22.7 Å². The number of hydrogen-bond acceptors (Lipinski definition) is 8. The lowest BCUT2D eigenvalue weighted by Gasteiger charge is -2.18. The van der Waals surface area contributed by atoms with Crippen LogP contribution in [-0.2, 0) is 14.8 Å². The number of ether oxygens (including phenoxy) is 2. The highest BCUT2D eigenvalue weighted by Gasteiger charge is 2.28. The Kier molecular flexibility index (Phi) is 5.92. The van der Waals surface area contributed by atoms with Crippen LogP contribution in [0.5, 0.6) is 11.5 Å². The Morgan fingerprint density at radius 2 is 1.94 bits per heavy atom. The van der Waals surface area contributed by atoms with Gasteiger partial charge in [-0.3, -0.25) is 4.79 Å². The van der Waals surface area contributed by atoms with Crippen molar-refractivity contribution >= 4 is 21.6 Å². The van der Waals surface area contributed by atoms with E-state index in [2.05, 4.69) is 20.8 Å². The van der Waals surface area contributed by atoms with Gasteiger partial charge in [0.1, 0.15) is 0 Å². The number of carbonyl (C=O) groups is 1. The molecule has 1 fully saturated rings. The number of rotatable bonds is 7. The van der Waals surface area contributed by atoms with E-state index in [9.17, 15) is 13.2 Å². The Hall–Kier alpha value is -3.51. The quantitative estimate of drug-likeness (QED) is 0.540. The first-order valence-electron chi connectivity index (χ1n) is 11.0. The Balaban J connectivity index is 1.27. The van der Waals surface area contributed by atoms with Crippen molar-refractivity contribution in [2.45, 2.75) is 30.2 Å². The van der Waals surface area contributed by atoms with Crippen LogP contribution in [0.15, 0.2) is 47.4 Å². The smallest absolute Gasteiger partial charge is 0.243 e. The van der Waals surface area contributed by atoms with Crippen LogP contribution < -0.4 is 14.8 Å². The molecule has 2 aliphatic rings. The number of nitrogens with zero attached hydrogens (tertiary/aromatic N) is 5. The number of anilines is 1. The van der Waals surface area contributed by atoms with E-state index in [1.807, 2.05) is 6.07 Å². The van der Waals surface area contributed by atoms with E-state index in [1.165, 1.54) is 19.2 Å². The van der Waals surface area contributed by atoms with Crippen LogP contribution in [-0.4, -0.2) is 65.6 Å². The Morgan fingerprint density at radius 3 is 2.74 bits per heavy atom. The van der Waals surface area contributed by atoms with Gasteiger partial charge in [-0.2, -0.15) is 4.31 Å². The topological polar surface area (TPSA) is 129 Å². The third kappa shape index (κ3) is 4.59. The van der Waals surface area contributed by atoms with Crippen LogP contribution in [0.4, 0.5) is 5.69 Å². The number of nitrogens with one attached hydrogen (secondary N) is 1. The summed E-state index contributed by atoms with van der Waals surface area (Å²) in [4.78, 5) is 12.7. The van der Waals surface area contributed by atoms with E-state index in [-0.39, 0.29) is 11.4 Å². The number of sulfonamides is 1. The number of fused-ring (bicyclic) bond motifs is 1. The maximum Gasteiger partial charge on any atom is 0.243 e. The van der Waals surface area contributed by atoms with Crippen LogP contribution in [0.2, 0.25) is 0 Å². The highest BCUT2D eigenvalue weighted by Crippen LogP contribution is 2.37. The molecule has 2 aromatic carbocycles. The second-order valence-electron chi connectivity index (χ2n) is 8.23. The lowest BCUT2D eigenvalue weighted by Crippen LogP contribution is -2.35. The molecule has 1 aromatic heterocycles. The maximum atomic E-state index is 13.0. The zero-order valence-corrected chi connectivity index (χ0v) is 19.4. The third-order valence-corrected chi connectivity index (χ3v) is 7.38. The molecule has 0 bridgehead atoms. The Bertz CT molecular complexity index is 1320. The van der Waals surface area contributed by atoms with Crippen molar-refractivity contribution in [3.05, 3.63) is 42.5 Å². The summed E-state index contributed by atoms with van der Waals surface area (Å²) in [6.45, 7) is 0.595. The van der Waals surface area contributed by atoms with Gasteiger partial charge >= 0.3 is 0 Å². The first-order chi connectivity index (χ1) is 16.4. The van der Waals surface area contributed by atoms with Gasteiger partial charge in [-0.05, 0) is 47.5 Å². The molecule has 1 N–H and O–H groups in total. The molecule has 34 heavy (non-hydrogen) atoms. The average molecular weight is 485 g/mol. The van der Waals surface area contributed by atoms with Gasteiger partial charge in [0.15, 0.2) is 17.3 Å². The molecule has 1 amide bonds. The number of hydrogen-bond donors (Lipinski definition) is 1. The number of likely N-dealkylation sites (N-methyl/N-ethyl adjacent to an activating group) is 1. The lowest BCUT2D eigenvalue weighted by atomic mass is 10.2. The van der Waals surface area contributed by atoms with E-state index in [0.717, 1.165) is 22.7 Å². The van der Waals surface area contributed by atoms with E-state index >= 15 is 0 Å². The second kappa shape index (κ2) is 9.03. The summed E-state index contributed by atoms with van der Waals surface area (Å²) >= 11 is 0. The first-order valence-corrected chi connectivity index (χ1v) is 12.4. The summed E-state index contributed by atoms with van der Waals surface area (Å²) in [6.07, 6.45) is 2.80. The summed E-state index contributed by atoms with van der Waals surface area (Å²) < 4.78 is 40.0. The van der Waals surface area contributed by atoms with Gasteiger partial charge in [0.05, 0.1) is 30.7 Å². The molecule has 1 aliphatic carbocycles. The van der Waals surface area contributed by atoms with Crippen molar-refractivity contribution in [1.29, 1.82) is 0 Å². The second-order valence-corrected chi connectivity index (χ2v) is 10.3. The number of aromatic nitrogens is 4. The third-order valence-electron chi connectivity index (χ3n) is 5.58. The summed E-state index contributed by atoms with van der Waals surface area (Å²) in [5, 5.41) is 14.7. The minimum absolute atomic E-state index is 0.0287. The molecular formula is C22H24N6O5S. The number of amides is 1. The van der Waals surface area contributed by atoms with E-state index in [4.69, 9.17) is 9.47 Å². The number of tetrazole rings is 1. The summed E-state index contributed by atoms with van der Waals surface area (Å²) in [5.74, 6) is 1.04. The molecule has 0 unspecified atom stereocenters. The largest absolute Gasteiger partial charge is 0.490 e. The van der Waals surface area contributed by atoms with Crippen molar-refractivity contribution in [3.63, 3.8) is 0 Å². The van der Waals surface area contributed by atoms with Crippen molar-refractivity contribution in [1.82, 2.24) is 24.5 Å². The molecule has 3 aromatic rings. The van der Waals surface area contributed by atoms with Crippen molar-refractivity contribution in [2.24, 2.45) is 0 Å². The van der Waals surface area contributed by atoms with Crippen LogP contribution in [0.25, 0.3) is 11.4 Å². The van der Waals surface area contributed by atoms with Gasteiger partial charge in [0, 0.05) is 30.8 Å². The van der Waals surface area contributed by atoms with Crippen molar-refractivity contribution in [2.75, 3.05) is 32.1 Å². The Morgan fingerprint density at radius 1 is 1.15 bits per heavy atom. The van der Waals surface area contributed by atoms with Gasteiger partial charge in [0.25, 0.3) is 0 Å². The predicted molar refractivity (Wildman–Crippen MR) is 122 cm³/mol. The number of carbonyl (C=O) groups excluding carboxylic acids is 1. The molecule has 0 saturated heterocycles. The average Bonchev–Trinajstić information content (AvgIpc) is 3.60. The SMILES string of the molecule is CN(CC(=O)Nc1cccc(-c2nnnn2C2CC2)c1)S(=O)(=O)c1ccc2c(c1)OCCCO2. The molecule has 11 nitrogen and oxygen atoms in total. The van der Waals surface area contributed by atoms with E-state index in [0.29, 0.717) is 48.7 Å². The van der Waals surface area contributed by atoms with E-state index < -0.39 is 15.9 Å². The molecule has 1 saturated carbocycles. The minimum Gasteiger partial charge on any atom is -0.490 e. The molecule has 0 radical (unpaired) electrons. The minimum atomic E-state index is -3.92. The Labute approximate surface area is 196 Å². The lowest BCUT2D eigenvalue weighted by molar-refractivity contribution is -0.116. The van der Waals surface area contributed by atoms with Gasteiger partial charge in [0.2, 0.25) is 15.9 Å². The molecule has 0 atom stereocenters. The molecule has 1 aliphatic heterocycles. The fourth-order valence-electron chi connectivity index (χ4n) is 3.66. The molecule has 5 rings (SSSR count). The maximum absolute atomic E-state index is 13.0. The summed E-state index contributed by atoms with van der Waals surface area (Å²) in [5.41, 5.74) is 1.29. The summed E-state index contributed by atoms with van der Waals surface area (Å²) in [7, 11) is -2.56. The van der Waals surface area contributed by atoms with Crippen LogP contribution in [0.3, 0.4) is 0 Å². The highest BCUT2D eigenvalue weighted by atomic mass is 32.2. The van der Waals surface area contributed by atoms with Gasteiger partial charge < -0.3 is 14.8 Å². The fraction of sp³-hybridized carbons (Fsp3) is 0.364. The van der Waals surface area contributed by atoms with Crippen LogP contribution in [0.1, 0.15) is 25.3 Å². The number of benzene rings is 2. The van der Waals surface area contributed by atoms with Crippen molar-refractivity contribution in [3.8, 4) is 22.9 Å². The van der Waals surface area contributed by atoms with Crippen LogP contribution in [0, 0.1) is 0 Å². The molecular weight excluding hydrogens is 460 g/mol. The zero-order chi connectivity index (χ0) is 23.7. The van der Waals surface area contributed by atoms with Gasteiger partial charge in [-0.25, -0.2) is 13.1 Å². The molecule has 178 valence electrons. The van der Waals surface area contributed by atoms with Gasteiger partial charge in [-0.1, -0.05) is 12.1 Å². The van der Waals surface area contributed by atoms with Crippen LogP contribution >= 0.6 is 0 Å². The zero-order valence-electron chi connectivity index (χ0n) is 18.5. The molecule has 2 heterocycles. The van der Waals surface area contributed by atoms with E-state index in [1.54, 1.807) is 28.9 Å². The fourth-order valence-corrected chi connectivity index (χ4v) is 4.80. The normalized spacial score (nSPS) is 15.7. The highest BCUT2D eigenvalue weighted by molar-refractivity contribution is 7.89. The first kappa shape index (κ1) is 22.3. The predicted octanol–water partition coefficient (Wildman–Crippen LogP) is 2.10. The van der Waals surface area contributed by atoms with Gasteiger partial charge in [-0.15, -0.1) is 5.10 Å². The standard InChI is InChI=1S/C22H24N6O5S/c1-27(34(30,31)18-8-9-19-20(13-18)33-11-3-10-32-19)14-21(29)23-16-5-2-4-15(12-16)22-24-25-26-28(22)17-6-7-17/h2,4-5,8-9,12-13,17H,3,6-7,10-11,14H2,1H3,(H,23,29).